The van der Waals surface area contributed by atoms with E-state index in [-0.39, 0.29) is 6.03 Å². The Morgan fingerprint density at radius 3 is 3.00 bits per heavy atom. The molecule has 1 aromatic carbocycles. The molecule has 0 aliphatic rings. The average molecular weight is 234 g/mol. The van der Waals surface area contributed by atoms with Gasteiger partial charge >= 0.3 is 6.03 Å². The number of fused-ring (bicyclic) bond motifs is 1. The van der Waals surface area contributed by atoms with E-state index in [1.54, 1.807) is 23.3 Å². The Morgan fingerprint density at radius 1 is 1.44 bits per heavy atom. The molecule has 0 fully saturated rings. The van der Waals surface area contributed by atoms with Crippen LogP contribution in [0.25, 0.3) is 10.1 Å². The number of hydrogen-bond acceptors (Lipinski definition) is 2. The molecule has 0 atom stereocenters. The molecule has 0 saturated carbocycles. The summed E-state index contributed by atoms with van der Waals surface area (Å²) in [6.45, 7) is 2.65. The van der Waals surface area contributed by atoms with E-state index in [1.807, 2.05) is 25.1 Å². The average Bonchev–Trinajstić information content (AvgIpc) is 2.75. The molecule has 2 amide bonds. The predicted octanol–water partition coefficient (Wildman–Crippen LogP) is 3.38. The Bertz CT molecular complexity index is 506. The van der Waals surface area contributed by atoms with Gasteiger partial charge in [0.25, 0.3) is 0 Å². The number of carbonyl (C=O) groups excluding carboxylic acids is 1. The maximum absolute atomic E-state index is 11.6. The standard InChI is InChI=1S/C12H14N2OS/c1-3-14(2)12(15)13-10-4-5-11-9(8-10)6-7-16-11/h4-8H,3H2,1-2H3,(H,13,15). The van der Waals surface area contributed by atoms with Crippen molar-refractivity contribution in [3.05, 3.63) is 29.6 Å². The quantitative estimate of drug-likeness (QED) is 0.848. The van der Waals surface area contributed by atoms with Crippen LogP contribution in [0.2, 0.25) is 0 Å². The molecule has 1 aromatic heterocycles. The van der Waals surface area contributed by atoms with Crippen LogP contribution in [0, 0.1) is 0 Å². The highest BCUT2D eigenvalue weighted by Crippen LogP contribution is 2.23. The Morgan fingerprint density at radius 2 is 2.25 bits per heavy atom. The van der Waals surface area contributed by atoms with Gasteiger partial charge in [-0.15, -0.1) is 11.3 Å². The summed E-state index contributed by atoms with van der Waals surface area (Å²) in [5.41, 5.74) is 0.844. The predicted molar refractivity (Wildman–Crippen MR) is 69.1 cm³/mol. The van der Waals surface area contributed by atoms with E-state index in [1.165, 1.54) is 10.1 Å². The van der Waals surface area contributed by atoms with Crippen LogP contribution in [0.5, 0.6) is 0 Å². The molecular weight excluding hydrogens is 220 g/mol. The van der Waals surface area contributed by atoms with Gasteiger partial charge in [0.15, 0.2) is 0 Å². The topological polar surface area (TPSA) is 32.3 Å². The number of amides is 2. The lowest BCUT2D eigenvalue weighted by Gasteiger charge is -2.15. The number of nitrogens with zero attached hydrogens (tertiary/aromatic N) is 1. The SMILES string of the molecule is CCN(C)C(=O)Nc1ccc2sccc2c1. The summed E-state index contributed by atoms with van der Waals surface area (Å²) in [5.74, 6) is 0. The number of anilines is 1. The number of benzene rings is 1. The van der Waals surface area contributed by atoms with Crippen molar-refractivity contribution in [3.8, 4) is 0 Å². The lowest BCUT2D eigenvalue weighted by molar-refractivity contribution is 0.224. The first-order valence-electron chi connectivity index (χ1n) is 5.20. The molecule has 0 spiro atoms. The van der Waals surface area contributed by atoms with Crippen LogP contribution in [0.4, 0.5) is 10.5 Å². The Balaban J connectivity index is 2.17. The largest absolute Gasteiger partial charge is 0.328 e. The van der Waals surface area contributed by atoms with Crippen molar-refractivity contribution in [2.45, 2.75) is 6.92 Å². The van der Waals surface area contributed by atoms with Crippen LogP contribution >= 0.6 is 11.3 Å². The highest BCUT2D eigenvalue weighted by atomic mass is 32.1. The van der Waals surface area contributed by atoms with Crippen molar-refractivity contribution in [3.63, 3.8) is 0 Å². The summed E-state index contributed by atoms with van der Waals surface area (Å²) < 4.78 is 1.24. The van der Waals surface area contributed by atoms with Crippen LogP contribution in [0.1, 0.15) is 6.92 Å². The summed E-state index contributed by atoms with van der Waals surface area (Å²) in [7, 11) is 1.78. The fourth-order valence-electron chi connectivity index (χ4n) is 1.41. The molecule has 1 heterocycles. The van der Waals surface area contributed by atoms with Crippen molar-refractivity contribution in [2.75, 3.05) is 18.9 Å². The van der Waals surface area contributed by atoms with Crippen LogP contribution < -0.4 is 5.32 Å². The van der Waals surface area contributed by atoms with Crippen molar-refractivity contribution in [2.24, 2.45) is 0 Å². The van der Waals surface area contributed by atoms with Gasteiger partial charge in [0, 0.05) is 24.0 Å². The number of rotatable bonds is 2. The van der Waals surface area contributed by atoms with Gasteiger partial charge in [-0.3, -0.25) is 0 Å². The molecular formula is C12H14N2OS. The van der Waals surface area contributed by atoms with Crippen LogP contribution in [-0.4, -0.2) is 24.5 Å². The van der Waals surface area contributed by atoms with E-state index in [0.717, 1.165) is 5.69 Å². The second-order valence-corrected chi connectivity index (χ2v) is 4.57. The maximum atomic E-state index is 11.6. The number of urea groups is 1. The van der Waals surface area contributed by atoms with E-state index >= 15 is 0 Å². The van der Waals surface area contributed by atoms with Crippen molar-refractivity contribution >= 4 is 33.1 Å². The van der Waals surface area contributed by atoms with Crippen molar-refractivity contribution in [1.82, 2.24) is 4.90 Å². The van der Waals surface area contributed by atoms with E-state index in [4.69, 9.17) is 0 Å². The Hall–Kier alpha value is -1.55. The van der Waals surface area contributed by atoms with Crippen LogP contribution in [0.3, 0.4) is 0 Å². The first-order valence-corrected chi connectivity index (χ1v) is 6.08. The van der Waals surface area contributed by atoms with E-state index in [9.17, 15) is 4.79 Å². The molecule has 0 saturated heterocycles. The third kappa shape index (κ3) is 2.17. The molecule has 0 aliphatic heterocycles. The van der Waals surface area contributed by atoms with Gasteiger partial charge in [0.1, 0.15) is 0 Å². The van der Waals surface area contributed by atoms with E-state index in [0.29, 0.717) is 6.54 Å². The maximum Gasteiger partial charge on any atom is 0.321 e. The third-order valence-electron chi connectivity index (χ3n) is 2.52. The summed E-state index contributed by atoms with van der Waals surface area (Å²) >= 11 is 1.70. The number of nitrogens with one attached hydrogen (secondary N) is 1. The fraction of sp³-hybridized carbons (Fsp3) is 0.250. The first kappa shape index (κ1) is 11.0. The van der Waals surface area contributed by atoms with Gasteiger partial charge in [-0.05, 0) is 42.0 Å². The summed E-state index contributed by atoms with van der Waals surface area (Å²) in [6, 6.07) is 7.94. The molecule has 0 unspecified atom stereocenters. The zero-order valence-corrected chi connectivity index (χ0v) is 10.2. The van der Waals surface area contributed by atoms with Gasteiger partial charge in [0.05, 0.1) is 0 Å². The first-order chi connectivity index (χ1) is 7.70. The molecule has 1 N–H and O–H groups in total. The summed E-state index contributed by atoms with van der Waals surface area (Å²) in [5, 5.41) is 6.08. The van der Waals surface area contributed by atoms with Gasteiger partial charge in [-0.1, -0.05) is 0 Å². The van der Waals surface area contributed by atoms with E-state index in [2.05, 4.69) is 16.8 Å². The monoisotopic (exact) mass is 234 g/mol. The minimum Gasteiger partial charge on any atom is -0.328 e. The van der Waals surface area contributed by atoms with Gasteiger partial charge < -0.3 is 10.2 Å². The third-order valence-corrected chi connectivity index (χ3v) is 3.42. The Labute approximate surface area is 98.7 Å². The molecule has 3 nitrogen and oxygen atoms in total. The minimum absolute atomic E-state index is 0.0721. The molecule has 0 bridgehead atoms. The van der Waals surface area contributed by atoms with Gasteiger partial charge in [-0.25, -0.2) is 4.79 Å². The smallest absolute Gasteiger partial charge is 0.321 e. The molecule has 0 radical (unpaired) electrons. The molecule has 4 heteroatoms. The normalized spacial score (nSPS) is 10.4. The molecule has 84 valence electrons. The fourth-order valence-corrected chi connectivity index (χ4v) is 2.18. The number of thiophene rings is 1. The molecule has 2 rings (SSSR count). The Kier molecular flexibility index (Phi) is 3.10. The highest BCUT2D eigenvalue weighted by Gasteiger charge is 2.06. The minimum atomic E-state index is -0.0721. The summed E-state index contributed by atoms with van der Waals surface area (Å²) in [4.78, 5) is 13.3. The molecule has 0 aliphatic carbocycles. The van der Waals surface area contributed by atoms with Crippen LogP contribution in [0.15, 0.2) is 29.6 Å². The van der Waals surface area contributed by atoms with Gasteiger partial charge in [0.2, 0.25) is 0 Å². The lowest BCUT2D eigenvalue weighted by Crippen LogP contribution is -2.30. The van der Waals surface area contributed by atoms with E-state index < -0.39 is 0 Å². The van der Waals surface area contributed by atoms with Crippen molar-refractivity contribution in [1.29, 1.82) is 0 Å². The summed E-state index contributed by atoms with van der Waals surface area (Å²) in [6.07, 6.45) is 0. The van der Waals surface area contributed by atoms with Crippen LogP contribution in [-0.2, 0) is 0 Å². The number of carbonyl (C=O) groups is 1. The van der Waals surface area contributed by atoms with Gasteiger partial charge in [-0.2, -0.15) is 0 Å². The molecule has 16 heavy (non-hydrogen) atoms. The zero-order valence-electron chi connectivity index (χ0n) is 9.36. The molecule has 2 aromatic rings. The van der Waals surface area contributed by atoms with Crippen molar-refractivity contribution < 1.29 is 4.79 Å². The zero-order chi connectivity index (χ0) is 11.5. The lowest BCUT2D eigenvalue weighted by atomic mass is 10.2. The number of hydrogen-bond donors (Lipinski definition) is 1. The second-order valence-electron chi connectivity index (χ2n) is 3.62. The second kappa shape index (κ2) is 4.53. The highest BCUT2D eigenvalue weighted by molar-refractivity contribution is 7.17.